The second-order valence-electron chi connectivity index (χ2n) is 11.0. The lowest BCUT2D eigenvalue weighted by molar-refractivity contribution is -0.140. The molecule has 1 fully saturated rings. The molecule has 0 N–H and O–H groups in total. The number of ether oxygens (including phenoxy) is 1. The first-order valence-corrected chi connectivity index (χ1v) is 14.8. The number of rotatable bonds is 15. The maximum Gasteiger partial charge on any atom is 0.314 e. The van der Waals surface area contributed by atoms with E-state index in [1.165, 1.54) is 63.4 Å². The van der Waals surface area contributed by atoms with E-state index >= 15 is 0 Å². The molecule has 0 bridgehead atoms. The number of carbonyl (C=O) groups is 1. The van der Waals surface area contributed by atoms with Crippen LogP contribution in [0.3, 0.4) is 0 Å². The number of aromatic nitrogens is 1. The van der Waals surface area contributed by atoms with Gasteiger partial charge in [0.15, 0.2) is 0 Å². The summed E-state index contributed by atoms with van der Waals surface area (Å²) in [6.07, 6.45) is 19.6. The van der Waals surface area contributed by atoms with Crippen molar-refractivity contribution in [2.24, 2.45) is 11.3 Å². The van der Waals surface area contributed by atoms with Crippen molar-refractivity contribution in [2.75, 3.05) is 0 Å². The normalized spacial score (nSPS) is 19.3. The third kappa shape index (κ3) is 9.29. The predicted octanol–water partition coefficient (Wildman–Crippen LogP) is 9.23. The highest BCUT2D eigenvalue weighted by atomic mass is 16.5. The maximum atomic E-state index is 12.8. The summed E-state index contributed by atoms with van der Waals surface area (Å²) in [7, 11) is 0. The van der Waals surface area contributed by atoms with Crippen molar-refractivity contribution in [3.63, 3.8) is 0 Å². The second-order valence-corrected chi connectivity index (χ2v) is 11.0. The number of unbranched alkanes of at least 4 members (excludes halogenated alkanes) is 8. The minimum atomic E-state index is -0.250. The number of nitriles is 1. The Morgan fingerprint density at radius 1 is 0.919 bits per heavy atom. The van der Waals surface area contributed by atoms with Crippen LogP contribution >= 0.6 is 0 Å². The van der Waals surface area contributed by atoms with Gasteiger partial charge in [0.05, 0.1) is 23.1 Å². The Balaban J connectivity index is 1.43. The number of pyridine rings is 1. The summed E-state index contributed by atoms with van der Waals surface area (Å²) >= 11 is 0. The SMILES string of the molecule is CCCCCCCCCC1(C#N)CCC(C(=O)Oc2ccc(-c3ccc(CCCCC)cn3)cc2)CC1. The molecule has 0 spiro atoms. The molecular weight excluding hydrogens is 456 g/mol. The quantitative estimate of drug-likeness (QED) is 0.138. The largest absolute Gasteiger partial charge is 0.426 e. The van der Waals surface area contributed by atoms with E-state index in [9.17, 15) is 10.1 Å². The Hall–Kier alpha value is -2.67. The predicted molar refractivity (Wildman–Crippen MR) is 151 cm³/mol. The molecule has 1 aromatic heterocycles. The highest BCUT2D eigenvalue weighted by Crippen LogP contribution is 2.43. The third-order valence-corrected chi connectivity index (χ3v) is 8.03. The van der Waals surface area contributed by atoms with Crippen molar-refractivity contribution in [3.8, 4) is 23.1 Å². The molecule has 0 amide bonds. The molecule has 4 nitrogen and oxygen atoms in total. The van der Waals surface area contributed by atoms with Gasteiger partial charge in [-0.2, -0.15) is 5.26 Å². The van der Waals surface area contributed by atoms with Crippen molar-refractivity contribution in [2.45, 2.75) is 117 Å². The van der Waals surface area contributed by atoms with Crippen LogP contribution in [0.1, 0.15) is 116 Å². The molecule has 2 aromatic rings. The van der Waals surface area contributed by atoms with Crippen molar-refractivity contribution in [1.29, 1.82) is 5.26 Å². The standard InChI is InChI=1S/C33H46N2O2/c1-3-5-7-8-9-10-12-22-33(26-34)23-20-29(21-24-33)32(36)37-30-17-15-28(16-18-30)31-19-14-27(25-35-31)13-11-6-4-2/h14-19,25,29H,3-13,20-24H2,1-2H3. The first-order chi connectivity index (χ1) is 18.1. The molecule has 1 aliphatic carbocycles. The molecule has 1 saturated carbocycles. The molecule has 0 saturated heterocycles. The van der Waals surface area contributed by atoms with Crippen LogP contribution in [-0.4, -0.2) is 11.0 Å². The molecule has 0 atom stereocenters. The molecule has 3 rings (SSSR count). The monoisotopic (exact) mass is 502 g/mol. The van der Waals surface area contributed by atoms with E-state index in [0.29, 0.717) is 5.75 Å². The summed E-state index contributed by atoms with van der Waals surface area (Å²) in [5, 5.41) is 9.89. The summed E-state index contributed by atoms with van der Waals surface area (Å²) in [4.78, 5) is 17.5. The fraction of sp³-hybridized carbons (Fsp3) is 0.606. The van der Waals surface area contributed by atoms with Crippen molar-refractivity contribution >= 4 is 5.97 Å². The van der Waals surface area contributed by atoms with Gasteiger partial charge in [-0.25, -0.2) is 0 Å². The van der Waals surface area contributed by atoms with Crippen LogP contribution in [0.5, 0.6) is 5.75 Å². The Morgan fingerprint density at radius 3 is 2.19 bits per heavy atom. The highest BCUT2D eigenvalue weighted by molar-refractivity contribution is 5.75. The topological polar surface area (TPSA) is 63.0 Å². The van der Waals surface area contributed by atoms with E-state index < -0.39 is 0 Å². The molecule has 1 heterocycles. The zero-order chi connectivity index (χ0) is 26.3. The number of benzene rings is 1. The van der Waals surface area contributed by atoms with Crippen LogP contribution < -0.4 is 4.74 Å². The number of esters is 1. The highest BCUT2D eigenvalue weighted by Gasteiger charge is 2.37. The smallest absolute Gasteiger partial charge is 0.314 e. The molecule has 4 heteroatoms. The van der Waals surface area contributed by atoms with Crippen LogP contribution in [0.15, 0.2) is 42.6 Å². The van der Waals surface area contributed by atoms with Crippen LogP contribution in [-0.2, 0) is 11.2 Å². The van der Waals surface area contributed by atoms with Gasteiger partial charge >= 0.3 is 5.97 Å². The lowest BCUT2D eigenvalue weighted by Crippen LogP contribution is -2.31. The number of hydrogen-bond donors (Lipinski definition) is 0. The Morgan fingerprint density at radius 2 is 1.57 bits per heavy atom. The van der Waals surface area contributed by atoms with Gasteiger partial charge in [-0.15, -0.1) is 0 Å². The van der Waals surface area contributed by atoms with Gasteiger partial charge in [0, 0.05) is 11.8 Å². The van der Waals surface area contributed by atoms with Crippen LogP contribution in [0.25, 0.3) is 11.3 Å². The Bertz CT molecular complexity index is 967. The average Bonchev–Trinajstić information content (AvgIpc) is 2.94. The first kappa shape index (κ1) is 28.9. The minimum absolute atomic E-state index is 0.114. The van der Waals surface area contributed by atoms with Crippen molar-refractivity contribution in [3.05, 3.63) is 48.2 Å². The zero-order valence-electron chi connectivity index (χ0n) is 23.1. The molecule has 200 valence electrons. The summed E-state index contributed by atoms with van der Waals surface area (Å²) < 4.78 is 5.72. The Labute approximate surface area is 224 Å². The molecule has 37 heavy (non-hydrogen) atoms. The average molecular weight is 503 g/mol. The van der Waals surface area contributed by atoms with Gasteiger partial charge in [0.1, 0.15) is 5.75 Å². The number of nitrogens with zero attached hydrogens (tertiary/aromatic N) is 2. The second kappa shape index (κ2) is 15.6. The van der Waals surface area contributed by atoms with Crippen LogP contribution in [0.2, 0.25) is 0 Å². The lowest BCUT2D eigenvalue weighted by atomic mass is 9.69. The van der Waals surface area contributed by atoms with E-state index in [-0.39, 0.29) is 17.3 Å². The van der Waals surface area contributed by atoms with Crippen molar-refractivity contribution in [1.82, 2.24) is 4.98 Å². The molecule has 0 unspecified atom stereocenters. The summed E-state index contributed by atoms with van der Waals surface area (Å²) in [5.74, 6) is 0.298. The molecule has 0 aliphatic heterocycles. The molecule has 1 aliphatic rings. The summed E-state index contributed by atoms with van der Waals surface area (Å²) in [6, 6.07) is 14.5. The lowest BCUT2D eigenvalue weighted by Gasteiger charge is -2.34. The Kier molecular flexibility index (Phi) is 12.1. The van der Waals surface area contributed by atoms with Crippen LogP contribution in [0.4, 0.5) is 0 Å². The van der Waals surface area contributed by atoms with E-state index in [1.807, 2.05) is 30.5 Å². The van der Waals surface area contributed by atoms with E-state index in [1.54, 1.807) is 0 Å². The van der Waals surface area contributed by atoms with E-state index in [4.69, 9.17) is 4.74 Å². The fourth-order valence-corrected chi connectivity index (χ4v) is 5.46. The molecule has 1 aromatic carbocycles. The van der Waals surface area contributed by atoms with Gasteiger partial charge in [-0.1, -0.05) is 77.7 Å². The van der Waals surface area contributed by atoms with E-state index in [0.717, 1.165) is 56.2 Å². The van der Waals surface area contributed by atoms with Crippen molar-refractivity contribution < 1.29 is 9.53 Å². The number of aryl methyl sites for hydroxylation is 1. The number of hydrogen-bond acceptors (Lipinski definition) is 4. The number of carbonyl (C=O) groups excluding carboxylic acids is 1. The first-order valence-electron chi connectivity index (χ1n) is 14.8. The third-order valence-electron chi connectivity index (χ3n) is 8.03. The van der Waals surface area contributed by atoms with Gasteiger partial charge in [0.25, 0.3) is 0 Å². The van der Waals surface area contributed by atoms with Gasteiger partial charge in [-0.05, 0) is 80.8 Å². The van der Waals surface area contributed by atoms with Crippen LogP contribution in [0, 0.1) is 22.7 Å². The van der Waals surface area contributed by atoms with Gasteiger partial charge in [0.2, 0.25) is 0 Å². The molecular formula is C33H46N2O2. The van der Waals surface area contributed by atoms with Gasteiger partial charge < -0.3 is 4.74 Å². The summed E-state index contributed by atoms with van der Waals surface area (Å²) in [5.41, 5.74) is 2.97. The zero-order valence-corrected chi connectivity index (χ0v) is 23.1. The molecule has 0 radical (unpaired) electrons. The summed E-state index contributed by atoms with van der Waals surface area (Å²) in [6.45, 7) is 4.46. The maximum absolute atomic E-state index is 12.8. The minimum Gasteiger partial charge on any atom is -0.426 e. The fourth-order valence-electron chi connectivity index (χ4n) is 5.46. The van der Waals surface area contributed by atoms with Gasteiger partial charge in [-0.3, -0.25) is 9.78 Å². The van der Waals surface area contributed by atoms with E-state index in [2.05, 4.69) is 37.0 Å².